The molecule has 1 aromatic carbocycles. The normalized spacial score (nSPS) is 27.4. The molecule has 1 N–H and O–H groups in total. The lowest BCUT2D eigenvalue weighted by molar-refractivity contribution is 0.0656. The van der Waals surface area contributed by atoms with Crippen molar-refractivity contribution >= 4 is 0 Å². The molecule has 2 unspecified atom stereocenters. The molecule has 1 aromatic rings. The summed E-state index contributed by atoms with van der Waals surface area (Å²) in [6.45, 7) is 7.03. The standard InChI is InChI=1S/C17H26N2/c1-2-18-13-16-7-8-17(16)19-11-9-14-5-3-4-6-15(14)10-12-19/h3-6,16-18H,2,7-13H2,1H3. The van der Waals surface area contributed by atoms with Gasteiger partial charge in [-0.1, -0.05) is 31.2 Å². The Morgan fingerprint density at radius 2 is 1.79 bits per heavy atom. The first kappa shape index (κ1) is 13.1. The van der Waals surface area contributed by atoms with E-state index in [1.165, 1.54) is 45.3 Å². The molecule has 0 radical (unpaired) electrons. The summed E-state index contributed by atoms with van der Waals surface area (Å²) >= 11 is 0. The van der Waals surface area contributed by atoms with Crippen LogP contribution in [-0.2, 0) is 12.8 Å². The molecule has 104 valence electrons. The first-order valence-electron chi connectivity index (χ1n) is 7.90. The summed E-state index contributed by atoms with van der Waals surface area (Å²) in [5, 5.41) is 3.53. The Kier molecular flexibility index (Phi) is 4.19. The Morgan fingerprint density at radius 1 is 1.11 bits per heavy atom. The highest BCUT2D eigenvalue weighted by atomic mass is 15.2. The SMILES string of the molecule is CCNCC1CCC1N1CCc2ccccc2CC1. The molecule has 3 rings (SSSR count). The van der Waals surface area contributed by atoms with E-state index in [-0.39, 0.29) is 0 Å². The van der Waals surface area contributed by atoms with Gasteiger partial charge in [0, 0.05) is 19.1 Å². The van der Waals surface area contributed by atoms with E-state index in [9.17, 15) is 0 Å². The minimum absolute atomic E-state index is 0.841. The minimum Gasteiger partial charge on any atom is -0.317 e. The Balaban J connectivity index is 1.59. The summed E-state index contributed by atoms with van der Waals surface area (Å²) in [5.74, 6) is 0.890. The van der Waals surface area contributed by atoms with Crippen LogP contribution in [0.2, 0.25) is 0 Å². The number of rotatable bonds is 4. The van der Waals surface area contributed by atoms with Crippen molar-refractivity contribution in [2.24, 2.45) is 5.92 Å². The van der Waals surface area contributed by atoms with Gasteiger partial charge >= 0.3 is 0 Å². The summed E-state index contributed by atoms with van der Waals surface area (Å²) in [6.07, 6.45) is 5.30. The van der Waals surface area contributed by atoms with Crippen molar-refractivity contribution in [2.75, 3.05) is 26.2 Å². The largest absolute Gasteiger partial charge is 0.317 e. The molecule has 0 bridgehead atoms. The van der Waals surface area contributed by atoms with Gasteiger partial charge in [-0.3, -0.25) is 4.90 Å². The maximum absolute atomic E-state index is 3.53. The monoisotopic (exact) mass is 258 g/mol. The fraction of sp³-hybridized carbons (Fsp3) is 0.647. The van der Waals surface area contributed by atoms with E-state index >= 15 is 0 Å². The van der Waals surface area contributed by atoms with E-state index in [1.54, 1.807) is 11.1 Å². The molecule has 2 atom stereocenters. The van der Waals surface area contributed by atoms with Crippen LogP contribution in [0.25, 0.3) is 0 Å². The molecule has 1 saturated carbocycles. The Hall–Kier alpha value is -0.860. The van der Waals surface area contributed by atoms with Gasteiger partial charge in [0.15, 0.2) is 0 Å². The van der Waals surface area contributed by atoms with E-state index in [0.717, 1.165) is 18.5 Å². The molecule has 1 aliphatic carbocycles. The second-order valence-corrected chi connectivity index (χ2v) is 6.02. The first-order chi connectivity index (χ1) is 9.38. The molecule has 2 nitrogen and oxygen atoms in total. The first-order valence-corrected chi connectivity index (χ1v) is 7.90. The molecule has 19 heavy (non-hydrogen) atoms. The predicted octanol–water partition coefficient (Wildman–Crippen LogP) is 2.48. The quantitative estimate of drug-likeness (QED) is 0.892. The zero-order chi connectivity index (χ0) is 13.1. The van der Waals surface area contributed by atoms with Gasteiger partial charge in [0.25, 0.3) is 0 Å². The molecule has 1 fully saturated rings. The van der Waals surface area contributed by atoms with Crippen LogP contribution >= 0.6 is 0 Å². The maximum atomic E-state index is 3.53. The van der Waals surface area contributed by atoms with Crippen LogP contribution in [0.15, 0.2) is 24.3 Å². The predicted molar refractivity (Wildman–Crippen MR) is 80.5 cm³/mol. The Morgan fingerprint density at radius 3 is 2.32 bits per heavy atom. The molecule has 0 amide bonds. The third-order valence-corrected chi connectivity index (χ3v) is 4.96. The van der Waals surface area contributed by atoms with Crippen LogP contribution in [0.1, 0.15) is 30.9 Å². The van der Waals surface area contributed by atoms with E-state index in [2.05, 4.69) is 41.4 Å². The fourth-order valence-electron chi connectivity index (χ4n) is 3.62. The zero-order valence-corrected chi connectivity index (χ0v) is 12.1. The van der Waals surface area contributed by atoms with Crippen LogP contribution in [0, 0.1) is 5.92 Å². The number of nitrogens with one attached hydrogen (secondary N) is 1. The highest BCUT2D eigenvalue weighted by Gasteiger charge is 2.35. The van der Waals surface area contributed by atoms with Crippen molar-refractivity contribution in [3.05, 3.63) is 35.4 Å². The average molecular weight is 258 g/mol. The van der Waals surface area contributed by atoms with Gasteiger partial charge in [-0.2, -0.15) is 0 Å². The van der Waals surface area contributed by atoms with Gasteiger partial charge in [0.2, 0.25) is 0 Å². The second kappa shape index (κ2) is 6.06. The fourth-order valence-corrected chi connectivity index (χ4v) is 3.62. The van der Waals surface area contributed by atoms with Crippen LogP contribution in [0.4, 0.5) is 0 Å². The summed E-state index contributed by atoms with van der Waals surface area (Å²) in [6, 6.07) is 9.84. The number of hydrogen-bond donors (Lipinski definition) is 1. The molecule has 1 heterocycles. The van der Waals surface area contributed by atoms with Crippen molar-refractivity contribution in [1.29, 1.82) is 0 Å². The van der Waals surface area contributed by atoms with Crippen molar-refractivity contribution in [3.8, 4) is 0 Å². The van der Waals surface area contributed by atoms with E-state index in [1.807, 2.05) is 0 Å². The summed E-state index contributed by atoms with van der Waals surface area (Å²) in [4.78, 5) is 2.76. The highest BCUT2D eigenvalue weighted by molar-refractivity contribution is 5.28. The van der Waals surface area contributed by atoms with Crippen molar-refractivity contribution < 1.29 is 0 Å². The zero-order valence-electron chi connectivity index (χ0n) is 12.1. The molecule has 2 heteroatoms. The molecule has 0 aromatic heterocycles. The molecule has 1 aliphatic heterocycles. The Labute approximate surface area is 117 Å². The number of fused-ring (bicyclic) bond motifs is 1. The van der Waals surface area contributed by atoms with E-state index < -0.39 is 0 Å². The van der Waals surface area contributed by atoms with Gasteiger partial charge in [-0.05, 0) is 55.8 Å². The highest BCUT2D eigenvalue weighted by Crippen LogP contribution is 2.33. The van der Waals surface area contributed by atoms with E-state index in [4.69, 9.17) is 0 Å². The minimum atomic E-state index is 0.841. The van der Waals surface area contributed by atoms with Gasteiger partial charge in [-0.25, -0.2) is 0 Å². The lowest BCUT2D eigenvalue weighted by Gasteiger charge is -2.44. The summed E-state index contributed by atoms with van der Waals surface area (Å²) in [7, 11) is 0. The summed E-state index contributed by atoms with van der Waals surface area (Å²) < 4.78 is 0. The van der Waals surface area contributed by atoms with Crippen LogP contribution in [0.5, 0.6) is 0 Å². The summed E-state index contributed by atoms with van der Waals surface area (Å²) in [5.41, 5.74) is 3.15. The molecule has 0 saturated heterocycles. The molecule has 0 spiro atoms. The smallest absolute Gasteiger partial charge is 0.0136 e. The lowest BCUT2D eigenvalue weighted by atomic mass is 9.78. The number of nitrogens with zero attached hydrogens (tertiary/aromatic N) is 1. The van der Waals surface area contributed by atoms with Crippen molar-refractivity contribution in [2.45, 2.75) is 38.6 Å². The number of hydrogen-bond acceptors (Lipinski definition) is 2. The topological polar surface area (TPSA) is 15.3 Å². The van der Waals surface area contributed by atoms with Crippen molar-refractivity contribution in [3.63, 3.8) is 0 Å². The van der Waals surface area contributed by atoms with Gasteiger partial charge in [0.1, 0.15) is 0 Å². The molecule has 2 aliphatic rings. The van der Waals surface area contributed by atoms with Gasteiger partial charge in [-0.15, -0.1) is 0 Å². The third-order valence-electron chi connectivity index (χ3n) is 4.96. The average Bonchev–Trinajstić information content (AvgIpc) is 2.61. The van der Waals surface area contributed by atoms with E-state index in [0.29, 0.717) is 0 Å². The number of benzene rings is 1. The maximum Gasteiger partial charge on any atom is 0.0136 e. The molecular formula is C17H26N2. The van der Waals surface area contributed by atoms with Crippen molar-refractivity contribution in [1.82, 2.24) is 10.2 Å². The van der Waals surface area contributed by atoms with Crippen LogP contribution in [-0.4, -0.2) is 37.1 Å². The lowest BCUT2D eigenvalue weighted by Crippen LogP contribution is -2.51. The Bertz CT molecular complexity index is 388. The van der Waals surface area contributed by atoms with Gasteiger partial charge in [0.05, 0.1) is 0 Å². The van der Waals surface area contributed by atoms with Gasteiger partial charge < -0.3 is 5.32 Å². The molecular weight excluding hydrogens is 232 g/mol. The van der Waals surface area contributed by atoms with Crippen LogP contribution < -0.4 is 5.32 Å². The third kappa shape index (κ3) is 2.85. The van der Waals surface area contributed by atoms with Crippen LogP contribution in [0.3, 0.4) is 0 Å². The second-order valence-electron chi connectivity index (χ2n) is 6.02.